The van der Waals surface area contributed by atoms with Gasteiger partial charge in [-0.25, -0.2) is 9.78 Å². The highest BCUT2D eigenvalue weighted by Gasteiger charge is 2.21. The molecule has 0 spiro atoms. The number of hydrogen-bond donors (Lipinski definition) is 3. The van der Waals surface area contributed by atoms with Crippen LogP contribution in [-0.4, -0.2) is 45.7 Å². The third kappa shape index (κ3) is 7.04. The highest BCUT2D eigenvalue weighted by molar-refractivity contribution is 8.00. The molecule has 1 unspecified atom stereocenters. The van der Waals surface area contributed by atoms with Gasteiger partial charge in [-0.1, -0.05) is 37.3 Å². The summed E-state index contributed by atoms with van der Waals surface area (Å²) in [6.45, 7) is 3.93. The molecule has 0 fully saturated rings. The summed E-state index contributed by atoms with van der Waals surface area (Å²) in [5.74, 6) is -2.15. The average Bonchev–Trinajstić information content (AvgIpc) is 3.37. The monoisotopic (exact) mass is 577 g/mol. The van der Waals surface area contributed by atoms with Crippen LogP contribution in [0.25, 0.3) is 10.8 Å². The van der Waals surface area contributed by atoms with Gasteiger partial charge >= 0.3 is 11.9 Å². The molecule has 0 aliphatic heterocycles. The molecule has 0 aliphatic rings. The second kappa shape index (κ2) is 13.2. The molecule has 9 nitrogen and oxygen atoms in total. The number of carboxylic acids is 1. The number of carbonyl (C=O) groups excluding carboxylic acids is 3. The number of aromatic carboxylic acids is 1. The molecule has 40 heavy (non-hydrogen) atoms. The number of amides is 2. The van der Waals surface area contributed by atoms with Crippen LogP contribution in [0.4, 0.5) is 10.8 Å². The van der Waals surface area contributed by atoms with Crippen LogP contribution in [0.2, 0.25) is 0 Å². The third-order valence-corrected chi connectivity index (χ3v) is 7.99. The first-order valence-electron chi connectivity index (χ1n) is 12.5. The standard InChI is InChI=1S/C29H27N3O6S2/c1-3-23(27(35)32-29-31-19(16-39-29)15-24(33)38-4-2)40-20-11-7-10-18(14-20)30-26(34)21-12-5-8-17-9-6-13-22(25(17)21)28(36)37/h5-14,16,23H,3-4,15H2,1-2H3,(H,30,34)(H,36,37)(H,31,32,35). The number of aromatic nitrogens is 1. The molecule has 11 heteroatoms. The van der Waals surface area contributed by atoms with Crippen molar-refractivity contribution in [3.05, 3.63) is 82.9 Å². The molecule has 1 heterocycles. The van der Waals surface area contributed by atoms with Crippen molar-refractivity contribution in [2.24, 2.45) is 0 Å². The van der Waals surface area contributed by atoms with E-state index in [1.165, 1.54) is 29.2 Å². The lowest BCUT2D eigenvalue weighted by Gasteiger charge is -2.15. The summed E-state index contributed by atoms with van der Waals surface area (Å²) in [7, 11) is 0. The zero-order chi connectivity index (χ0) is 28.6. The second-order valence-corrected chi connectivity index (χ2v) is 10.8. The van der Waals surface area contributed by atoms with Gasteiger partial charge in [-0.2, -0.15) is 0 Å². The van der Waals surface area contributed by atoms with Crippen molar-refractivity contribution >= 4 is 68.4 Å². The Morgan fingerprint density at radius 1 is 1.00 bits per heavy atom. The molecule has 1 aromatic heterocycles. The Morgan fingerprint density at radius 2 is 1.73 bits per heavy atom. The van der Waals surface area contributed by atoms with Crippen LogP contribution < -0.4 is 10.6 Å². The predicted octanol–water partition coefficient (Wildman–Crippen LogP) is 5.86. The number of nitrogens with one attached hydrogen (secondary N) is 2. The molecule has 4 aromatic rings. The summed E-state index contributed by atoms with van der Waals surface area (Å²) in [6.07, 6.45) is 0.586. The highest BCUT2D eigenvalue weighted by atomic mass is 32.2. The molecule has 3 N–H and O–H groups in total. The summed E-state index contributed by atoms with van der Waals surface area (Å²) < 4.78 is 4.94. The third-order valence-electron chi connectivity index (χ3n) is 5.83. The van der Waals surface area contributed by atoms with Gasteiger partial charge < -0.3 is 20.5 Å². The Kier molecular flexibility index (Phi) is 9.52. The van der Waals surface area contributed by atoms with Gasteiger partial charge in [0.2, 0.25) is 5.91 Å². The van der Waals surface area contributed by atoms with E-state index < -0.39 is 17.1 Å². The van der Waals surface area contributed by atoms with E-state index in [0.29, 0.717) is 40.3 Å². The fraction of sp³-hybridized carbons (Fsp3) is 0.207. The predicted molar refractivity (Wildman–Crippen MR) is 156 cm³/mol. The Morgan fingerprint density at radius 3 is 2.42 bits per heavy atom. The SMILES string of the molecule is CCOC(=O)Cc1csc(NC(=O)C(CC)Sc2cccc(NC(=O)c3cccc4cccc(C(=O)O)c34)c2)n1. The number of thiazole rings is 1. The molecule has 0 saturated heterocycles. The zero-order valence-corrected chi connectivity index (χ0v) is 23.4. The molecular formula is C29H27N3O6S2. The van der Waals surface area contributed by atoms with Crippen molar-refractivity contribution in [1.82, 2.24) is 4.98 Å². The first-order valence-corrected chi connectivity index (χ1v) is 14.3. The fourth-order valence-corrected chi connectivity index (χ4v) is 5.76. The lowest BCUT2D eigenvalue weighted by atomic mass is 9.98. The molecule has 0 aliphatic carbocycles. The fourth-order valence-electron chi connectivity index (χ4n) is 4.03. The first kappa shape index (κ1) is 28.8. The molecule has 1 atom stereocenters. The lowest BCUT2D eigenvalue weighted by molar-refractivity contribution is -0.142. The summed E-state index contributed by atoms with van der Waals surface area (Å²) >= 11 is 2.59. The summed E-state index contributed by atoms with van der Waals surface area (Å²) in [4.78, 5) is 54.7. The van der Waals surface area contributed by atoms with Gasteiger partial charge in [0.05, 0.1) is 29.5 Å². The summed E-state index contributed by atoms with van der Waals surface area (Å²) in [5, 5.41) is 18.0. The normalized spacial score (nSPS) is 11.6. The van der Waals surface area contributed by atoms with Gasteiger partial charge in [-0.15, -0.1) is 23.1 Å². The van der Waals surface area contributed by atoms with Crippen molar-refractivity contribution in [2.45, 2.75) is 36.8 Å². The number of nitrogens with zero attached hydrogens (tertiary/aromatic N) is 1. The Bertz CT molecular complexity index is 1560. The molecule has 0 saturated carbocycles. The van der Waals surface area contributed by atoms with Crippen LogP contribution in [0.3, 0.4) is 0 Å². The maximum atomic E-state index is 13.2. The maximum Gasteiger partial charge on any atom is 0.336 e. The number of esters is 1. The van der Waals surface area contributed by atoms with E-state index >= 15 is 0 Å². The quantitative estimate of drug-likeness (QED) is 0.149. The van der Waals surface area contributed by atoms with Gasteiger partial charge in [-0.3, -0.25) is 14.4 Å². The number of rotatable bonds is 11. The Labute approximate surface area is 239 Å². The first-order chi connectivity index (χ1) is 19.3. The van der Waals surface area contributed by atoms with Crippen LogP contribution in [0.1, 0.15) is 46.7 Å². The molecular weight excluding hydrogens is 550 g/mol. The molecule has 206 valence electrons. The number of carboxylic acid groups (broad SMARTS) is 1. The molecule has 3 aromatic carbocycles. The van der Waals surface area contributed by atoms with E-state index in [-0.39, 0.29) is 29.4 Å². The van der Waals surface area contributed by atoms with Gasteiger partial charge in [0, 0.05) is 26.9 Å². The van der Waals surface area contributed by atoms with Gasteiger partial charge in [0.25, 0.3) is 5.91 Å². The number of hydrogen-bond acceptors (Lipinski definition) is 8. The van der Waals surface area contributed by atoms with Crippen molar-refractivity contribution in [3.63, 3.8) is 0 Å². The smallest absolute Gasteiger partial charge is 0.336 e. The van der Waals surface area contributed by atoms with Crippen LogP contribution in [0, 0.1) is 0 Å². The van der Waals surface area contributed by atoms with E-state index in [2.05, 4.69) is 15.6 Å². The van der Waals surface area contributed by atoms with Crippen molar-refractivity contribution < 1.29 is 29.0 Å². The minimum Gasteiger partial charge on any atom is -0.478 e. The topological polar surface area (TPSA) is 135 Å². The zero-order valence-electron chi connectivity index (χ0n) is 21.8. The van der Waals surface area contributed by atoms with E-state index in [1.807, 2.05) is 13.0 Å². The van der Waals surface area contributed by atoms with Crippen LogP contribution >= 0.6 is 23.1 Å². The number of thioether (sulfide) groups is 1. The van der Waals surface area contributed by atoms with E-state index in [0.717, 1.165) is 4.90 Å². The Hall–Kier alpha value is -4.22. The van der Waals surface area contributed by atoms with E-state index in [9.17, 15) is 24.3 Å². The maximum absolute atomic E-state index is 13.2. The number of fused-ring (bicyclic) bond motifs is 1. The average molecular weight is 578 g/mol. The summed E-state index contributed by atoms with van der Waals surface area (Å²) in [6, 6.07) is 17.1. The molecule has 0 radical (unpaired) electrons. The van der Waals surface area contributed by atoms with E-state index in [1.54, 1.807) is 60.8 Å². The van der Waals surface area contributed by atoms with Gasteiger partial charge in [-0.05, 0) is 49.1 Å². The van der Waals surface area contributed by atoms with E-state index in [4.69, 9.17) is 4.74 Å². The molecule has 4 rings (SSSR count). The summed E-state index contributed by atoms with van der Waals surface area (Å²) in [5.41, 5.74) is 1.35. The number of anilines is 2. The van der Waals surface area contributed by atoms with Crippen LogP contribution in [0.5, 0.6) is 0 Å². The Balaban J connectivity index is 1.44. The number of carbonyl (C=O) groups is 4. The number of ether oxygens (including phenoxy) is 1. The lowest BCUT2D eigenvalue weighted by Crippen LogP contribution is -2.24. The van der Waals surface area contributed by atoms with Crippen LogP contribution in [0.15, 0.2) is 70.9 Å². The number of benzene rings is 3. The molecule has 0 bridgehead atoms. The van der Waals surface area contributed by atoms with Gasteiger partial charge in [0.15, 0.2) is 5.13 Å². The largest absolute Gasteiger partial charge is 0.478 e. The van der Waals surface area contributed by atoms with Crippen molar-refractivity contribution in [1.29, 1.82) is 0 Å². The van der Waals surface area contributed by atoms with Crippen molar-refractivity contribution in [2.75, 3.05) is 17.2 Å². The van der Waals surface area contributed by atoms with Crippen molar-refractivity contribution in [3.8, 4) is 0 Å². The minimum absolute atomic E-state index is 0.0427. The minimum atomic E-state index is -1.11. The molecule has 2 amide bonds. The van der Waals surface area contributed by atoms with Crippen LogP contribution in [-0.2, 0) is 20.7 Å². The van der Waals surface area contributed by atoms with Gasteiger partial charge in [0.1, 0.15) is 0 Å². The second-order valence-electron chi connectivity index (χ2n) is 8.63. The highest BCUT2D eigenvalue weighted by Crippen LogP contribution is 2.30.